The van der Waals surface area contributed by atoms with Crippen molar-refractivity contribution in [2.75, 3.05) is 23.8 Å². The van der Waals surface area contributed by atoms with Crippen LogP contribution in [0.5, 0.6) is 0 Å². The van der Waals surface area contributed by atoms with Crippen molar-refractivity contribution in [3.05, 3.63) is 24.4 Å². The maximum atomic E-state index is 9.51. The fourth-order valence-electron chi connectivity index (χ4n) is 4.13. The molecule has 3 aromatic heterocycles. The Labute approximate surface area is 192 Å². The van der Waals surface area contributed by atoms with Crippen LogP contribution in [0.25, 0.3) is 20.8 Å². The second-order valence-corrected chi connectivity index (χ2v) is 11.0. The molecule has 0 radical (unpaired) electrons. The van der Waals surface area contributed by atoms with E-state index in [4.69, 9.17) is 9.72 Å². The van der Waals surface area contributed by atoms with Gasteiger partial charge in [-0.15, -0.1) is 11.3 Å². The van der Waals surface area contributed by atoms with Crippen LogP contribution in [0.2, 0.25) is 0 Å². The van der Waals surface area contributed by atoms with Crippen LogP contribution in [-0.4, -0.2) is 33.5 Å². The molecule has 7 nitrogen and oxygen atoms in total. The van der Waals surface area contributed by atoms with Gasteiger partial charge in [0.05, 0.1) is 38.0 Å². The van der Waals surface area contributed by atoms with E-state index in [1.807, 2.05) is 10.9 Å². The minimum absolute atomic E-state index is 0.00649. The first-order chi connectivity index (χ1) is 15.4. The Kier molecular flexibility index (Phi) is 5.34. The number of aromatic nitrogens is 3. The van der Waals surface area contributed by atoms with Crippen molar-refractivity contribution >= 4 is 33.1 Å². The number of fused-ring (bicyclic) bond motifs is 1. The summed E-state index contributed by atoms with van der Waals surface area (Å²) in [7, 11) is 0. The van der Waals surface area contributed by atoms with Crippen molar-refractivity contribution in [1.82, 2.24) is 14.8 Å². The van der Waals surface area contributed by atoms with Crippen LogP contribution in [-0.2, 0) is 4.74 Å². The maximum absolute atomic E-state index is 9.51. The number of nitrogens with zero attached hydrogens (tertiary/aromatic N) is 4. The zero-order valence-corrected chi connectivity index (χ0v) is 19.8. The van der Waals surface area contributed by atoms with Gasteiger partial charge in [-0.25, -0.2) is 9.67 Å². The molecule has 0 amide bonds. The molecule has 32 heavy (non-hydrogen) atoms. The van der Waals surface area contributed by atoms with E-state index < -0.39 is 0 Å². The number of hydrogen-bond acceptors (Lipinski definition) is 7. The zero-order chi connectivity index (χ0) is 22.3. The molecule has 1 unspecified atom stereocenters. The van der Waals surface area contributed by atoms with Gasteiger partial charge in [-0.3, -0.25) is 0 Å². The molecule has 1 aliphatic carbocycles. The maximum Gasteiger partial charge on any atom is 0.150 e. The van der Waals surface area contributed by atoms with Crippen molar-refractivity contribution in [2.45, 2.75) is 64.6 Å². The minimum Gasteiger partial charge on any atom is -0.382 e. The van der Waals surface area contributed by atoms with Crippen LogP contribution in [0.1, 0.15) is 59.1 Å². The molecule has 2 aliphatic rings. The Morgan fingerprint density at radius 2 is 2.16 bits per heavy atom. The van der Waals surface area contributed by atoms with Gasteiger partial charge in [0.15, 0.2) is 6.23 Å². The molecule has 1 atom stereocenters. The number of thiophene rings is 1. The normalized spacial score (nSPS) is 20.1. The molecule has 0 aromatic carbocycles. The van der Waals surface area contributed by atoms with Gasteiger partial charge in [-0.05, 0) is 65.0 Å². The van der Waals surface area contributed by atoms with E-state index in [9.17, 15) is 5.26 Å². The van der Waals surface area contributed by atoms with Crippen molar-refractivity contribution in [3.8, 4) is 16.6 Å². The van der Waals surface area contributed by atoms with E-state index in [1.54, 1.807) is 11.3 Å². The topological polar surface area (TPSA) is 87.8 Å². The lowest BCUT2D eigenvalue weighted by Gasteiger charge is -2.24. The highest BCUT2D eigenvalue weighted by Gasteiger charge is 2.43. The molecule has 3 aromatic rings. The smallest absolute Gasteiger partial charge is 0.150 e. The first-order valence-electron chi connectivity index (χ1n) is 11.4. The molecule has 1 aliphatic heterocycles. The molecular formula is C24H30N6OS. The van der Waals surface area contributed by atoms with Crippen LogP contribution >= 0.6 is 11.3 Å². The highest BCUT2D eigenvalue weighted by atomic mass is 32.1. The summed E-state index contributed by atoms with van der Waals surface area (Å²) >= 11 is 1.71. The molecule has 168 valence electrons. The quantitative estimate of drug-likeness (QED) is 0.494. The second-order valence-electron chi connectivity index (χ2n) is 9.98. The van der Waals surface area contributed by atoms with Gasteiger partial charge >= 0.3 is 0 Å². The van der Waals surface area contributed by atoms with E-state index >= 15 is 0 Å². The van der Waals surface area contributed by atoms with E-state index in [0.29, 0.717) is 6.54 Å². The summed E-state index contributed by atoms with van der Waals surface area (Å²) in [6.07, 6.45) is 7.04. The standard InChI is InChI=1S/C24H30N6OS/c1-23(2,3)29-20-13-16(26-15-24(14-25)8-9-24)22-17(28-20)12-19(32-22)18-7-10-27-30(18)21-6-4-5-11-31-21/h7,10,12-13,21H,4-6,8-9,11,15H2,1-3H3,(H2,26,28,29). The molecule has 1 saturated carbocycles. The lowest BCUT2D eigenvalue weighted by atomic mass is 10.1. The summed E-state index contributed by atoms with van der Waals surface area (Å²) in [6, 6.07) is 8.75. The summed E-state index contributed by atoms with van der Waals surface area (Å²) in [5.41, 5.74) is 2.72. The molecule has 8 heteroatoms. The Balaban J connectivity index is 1.52. The average molecular weight is 451 g/mol. The molecule has 2 N–H and O–H groups in total. The largest absolute Gasteiger partial charge is 0.382 e. The van der Waals surface area contributed by atoms with Crippen molar-refractivity contribution in [1.29, 1.82) is 5.26 Å². The third-order valence-corrected chi connectivity index (χ3v) is 7.22. The number of anilines is 2. The minimum atomic E-state index is -0.218. The highest BCUT2D eigenvalue weighted by Crippen LogP contribution is 2.46. The van der Waals surface area contributed by atoms with Gasteiger partial charge in [0.1, 0.15) is 5.82 Å². The molecule has 1 saturated heterocycles. The lowest BCUT2D eigenvalue weighted by Crippen LogP contribution is -2.26. The fraction of sp³-hybridized carbons (Fsp3) is 0.542. The van der Waals surface area contributed by atoms with Crippen molar-refractivity contribution < 1.29 is 4.74 Å². The van der Waals surface area contributed by atoms with Gasteiger partial charge in [-0.1, -0.05) is 0 Å². The van der Waals surface area contributed by atoms with Crippen LogP contribution < -0.4 is 10.6 Å². The van der Waals surface area contributed by atoms with Crippen LogP contribution in [0.3, 0.4) is 0 Å². The third-order valence-electron chi connectivity index (χ3n) is 6.04. The van der Waals surface area contributed by atoms with Gasteiger partial charge in [0, 0.05) is 31.0 Å². The summed E-state index contributed by atoms with van der Waals surface area (Å²) in [6.45, 7) is 7.83. The van der Waals surface area contributed by atoms with E-state index in [0.717, 1.165) is 71.0 Å². The Bertz CT molecular complexity index is 1160. The van der Waals surface area contributed by atoms with Crippen LogP contribution in [0.4, 0.5) is 11.5 Å². The van der Waals surface area contributed by atoms with E-state index in [-0.39, 0.29) is 17.2 Å². The van der Waals surface area contributed by atoms with Gasteiger partial charge < -0.3 is 15.4 Å². The first-order valence-corrected chi connectivity index (χ1v) is 12.2. The third kappa shape index (κ3) is 4.32. The van der Waals surface area contributed by atoms with Gasteiger partial charge in [0.2, 0.25) is 0 Å². The Morgan fingerprint density at radius 3 is 2.84 bits per heavy atom. The first kappa shape index (κ1) is 21.2. The monoisotopic (exact) mass is 450 g/mol. The molecule has 0 spiro atoms. The molecule has 0 bridgehead atoms. The van der Waals surface area contributed by atoms with Gasteiger partial charge in [-0.2, -0.15) is 10.4 Å². The van der Waals surface area contributed by atoms with Crippen molar-refractivity contribution in [3.63, 3.8) is 0 Å². The second kappa shape index (κ2) is 8.05. The van der Waals surface area contributed by atoms with Crippen LogP contribution in [0, 0.1) is 16.7 Å². The van der Waals surface area contributed by atoms with Crippen LogP contribution in [0.15, 0.2) is 24.4 Å². The molecular weight excluding hydrogens is 420 g/mol. The zero-order valence-electron chi connectivity index (χ0n) is 18.9. The fourth-order valence-corrected chi connectivity index (χ4v) is 5.23. The highest BCUT2D eigenvalue weighted by molar-refractivity contribution is 7.22. The number of ether oxygens (including phenoxy) is 1. The Hall–Kier alpha value is -2.63. The lowest BCUT2D eigenvalue weighted by molar-refractivity contribution is -0.0383. The van der Waals surface area contributed by atoms with Gasteiger partial charge in [0.25, 0.3) is 0 Å². The van der Waals surface area contributed by atoms with E-state index in [2.05, 4.69) is 60.8 Å². The average Bonchev–Trinajstić information content (AvgIpc) is 3.17. The molecule has 5 rings (SSSR count). The Morgan fingerprint density at radius 1 is 1.31 bits per heavy atom. The SMILES string of the molecule is CC(C)(C)Nc1cc(NCC2(C#N)CC2)c2sc(-c3ccnn3C3CCCCO3)cc2n1. The van der Waals surface area contributed by atoms with E-state index in [1.165, 1.54) is 0 Å². The predicted molar refractivity (Wildman–Crippen MR) is 129 cm³/mol. The van der Waals surface area contributed by atoms with Crippen molar-refractivity contribution in [2.24, 2.45) is 5.41 Å². The number of hydrogen-bond donors (Lipinski definition) is 2. The predicted octanol–water partition coefficient (Wildman–Crippen LogP) is 5.78. The summed E-state index contributed by atoms with van der Waals surface area (Å²) in [4.78, 5) is 6.03. The summed E-state index contributed by atoms with van der Waals surface area (Å²) < 4.78 is 9.10. The number of pyridine rings is 1. The summed E-state index contributed by atoms with van der Waals surface area (Å²) in [5.74, 6) is 0.836. The number of rotatable bonds is 6. The number of nitrogens with one attached hydrogen (secondary N) is 2. The summed E-state index contributed by atoms with van der Waals surface area (Å²) in [5, 5.41) is 21.1. The molecule has 2 fully saturated rings. The molecule has 4 heterocycles. The number of nitriles is 1.